The summed E-state index contributed by atoms with van der Waals surface area (Å²) in [7, 11) is 0. The van der Waals surface area contributed by atoms with Crippen molar-refractivity contribution in [3.05, 3.63) is 0 Å². The summed E-state index contributed by atoms with van der Waals surface area (Å²) < 4.78 is 0. The van der Waals surface area contributed by atoms with E-state index in [1.165, 1.54) is 0 Å². The largest absolute Gasteiger partial charge is 0.383 e. The molecule has 2 aliphatic heterocycles. The summed E-state index contributed by atoms with van der Waals surface area (Å²) in [5.41, 5.74) is 0. The maximum Gasteiger partial charge on any atom is 0.251 e. The molecule has 0 aliphatic carbocycles. The van der Waals surface area contributed by atoms with Crippen molar-refractivity contribution in [2.24, 2.45) is 0 Å². The van der Waals surface area contributed by atoms with Crippen LogP contribution in [0.15, 0.2) is 0 Å². The Morgan fingerprint density at radius 2 is 1.93 bits per heavy atom. The number of carbonyl (C=O) groups excluding carboxylic acids is 1. The van der Waals surface area contributed by atoms with Crippen molar-refractivity contribution >= 4 is 5.91 Å². The number of nitrogens with zero attached hydrogens (tertiary/aromatic N) is 2. The topological polar surface area (TPSA) is 43.8 Å². The quantitative estimate of drug-likeness (QED) is 0.704. The van der Waals surface area contributed by atoms with Gasteiger partial charge in [-0.15, -0.1) is 0 Å². The van der Waals surface area contributed by atoms with Crippen LogP contribution in [-0.2, 0) is 4.79 Å². The van der Waals surface area contributed by atoms with Gasteiger partial charge in [0.25, 0.3) is 5.91 Å². The summed E-state index contributed by atoms with van der Waals surface area (Å²) in [6, 6.07) is 0.373. The Morgan fingerprint density at radius 1 is 1.27 bits per heavy atom. The van der Waals surface area contributed by atoms with E-state index in [2.05, 4.69) is 11.8 Å². The number of hydrogen-bond acceptors (Lipinski definition) is 3. The van der Waals surface area contributed by atoms with Gasteiger partial charge in [-0.3, -0.25) is 4.79 Å². The molecule has 1 amide bonds. The van der Waals surface area contributed by atoms with Crippen LogP contribution in [0.3, 0.4) is 0 Å². The smallest absolute Gasteiger partial charge is 0.251 e. The first-order valence-corrected chi connectivity index (χ1v) is 5.93. The molecule has 2 aliphatic rings. The van der Waals surface area contributed by atoms with E-state index >= 15 is 0 Å². The van der Waals surface area contributed by atoms with E-state index in [9.17, 15) is 9.90 Å². The minimum absolute atomic E-state index is 0.0510. The molecule has 2 heterocycles. The van der Waals surface area contributed by atoms with E-state index in [1.807, 2.05) is 4.90 Å². The van der Waals surface area contributed by atoms with Gasteiger partial charge in [0.15, 0.2) is 0 Å². The third-order valence-corrected chi connectivity index (χ3v) is 3.66. The summed E-state index contributed by atoms with van der Waals surface area (Å²) in [6.45, 7) is 6.19. The van der Waals surface area contributed by atoms with E-state index in [0.717, 1.165) is 39.0 Å². The van der Waals surface area contributed by atoms with Crippen LogP contribution in [-0.4, -0.2) is 59.1 Å². The normalized spacial score (nSPS) is 30.1. The van der Waals surface area contributed by atoms with E-state index in [0.29, 0.717) is 12.5 Å². The molecule has 0 spiro atoms. The molecule has 0 radical (unpaired) electrons. The number of piperidine rings is 1. The van der Waals surface area contributed by atoms with Crippen molar-refractivity contribution in [2.75, 3.05) is 26.2 Å². The maximum atomic E-state index is 11.6. The van der Waals surface area contributed by atoms with Gasteiger partial charge in [-0.2, -0.15) is 0 Å². The zero-order chi connectivity index (χ0) is 10.8. The van der Waals surface area contributed by atoms with Crippen molar-refractivity contribution < 1.29 is 9.90 Å². The van der Waals surface area contributed by atoms with Crippen LogP contribution in [0.5, 0.6) is 0 Å². The molecular formula is C11H20N2O2. The number of likely N-dealkylation sites (tertiary alicyclic amines) is 2. The molecule has 2 saturated heterocycles. The predicted molar refractivity (Wildman–Crippen MR) is 57.5 cm³/mol. The van der Waals surface area contributed by atoms with Gasteiger partial charge in [0.2, 0.25) is 0 Å². The minimum Gasteiger partial charge on any atom is -0.383 e. The third-order valence-electron chi connectivity index (χ3n) is 3.66. The molecule has 2 fully saturated rings. The second-order valence-corrected chi connectivity index (χ2v) is 4.50. The Morgan fingerprint density at radius 3 is 2.40 bits per heavy atom. The number of aliphatic hydroxyl groups excluding tert-OH is 1. The predicted octanol–water partition coefficient (Wildman–Crippen LogP) is 0.0639. The lowest BCUT2D eigenvalue weighted by Gasteiger charge is -2.36. The van der Waals surface area contributed by atoms with E-state index in [1.54, 1.807) is 0 Å². The molecular weight excluding hydrogens is 192 g/mol. The molecule has 4 heteroatoms. The SMILES string of the molecule is CCN1CCC(N2CCC(O)C2=O)CC1. The number of hydrogen-bond donors (Lipinski definition) is 1. The molecule has 4 nitrogen and oxygen atoms in total. The van der Waals surface area contributed by atoms with Crippen molar-refractivity contribution in [2.45, 2.75) is 38.3 Å². The number of aliphatic hydroxyl groups is 1. The monoisotopic (exact) mass is 212 g/mol. The van der Waals surface area contributed by atoms with Crippen molar-refractivity contribution in [3.63, 3.8) is 0 Å². The van der Waals surface area contributed by atoms with Crippen LogP contribution in [0.4, 0.5) is 0 Å². The van der Waals surface area contributed by atoms with Gasteiger partial charge in [0, 0.05) is 25.7 Å². The van der Waals surface area contributed by atoms with Crippen LogP contribution in [0.1, 0.15) is 26.2 Å². The molecule has 1 atom stereocenters. The fraction of sp³-hybridized carbons (Fsp3) is 0.909. The van der Waals surface area contributed by atoms with Crippen LogP contribution in [0.25, 0.3) is 0 Å². The average Bonchev–Trinajstić information content (AvgIpc) is 2.60. The molecule has 0 bridgehead atoms. The molecule has 2 rings (SSSR count). The Balaban J connectivity index is 1.88. The highest BCUT2D eigenvalue weighted by atomic mass is 16.3. The Bertz CT molecular complexity index is 237. The average molecular weight is 212 g/mol. The Kier molecular flexibility index (Phi) is 3.26. The van der Waals surface area contributed by atoms with Crippen LogP contribution < -0.4 is 0 Å². The summed E-state index contributed by atoms with van der Waals surface area (Å²) in [5, 5.41) is 9.40. The van der Waals surface area contributed by atoms with Crippen LogP contribution in [0, 0.1) is 0 Å². The number of carbonyl (C=O) groups is 1. The zero-order valence-corrected chi connectivity index (χ0v) is 9.35. The second-order valence-electron chi connectivity index (χ2n) is 4.50. The molecule has 0 saturated carbocycles. The van der Waals surface area contributed by atoms with Crippen LogP contribution in [0.2, 0.25) is 0 Å². The molecule has 0 aromatic heterocycles. The first-order valence-electron chi connectivity index (χ1n) is 5.93. The molecule has 0 aromatic carbocycles. The Labute approximate surface area is 90.9 Å². The molecule has 86 valence electrons. The van der Waals surface area contributed by atoms with Gasteiger partial charge in [-0.05, 0) is 25.8 Å². The summed E-state index contributed by atoms with van der Waals surface area (Å²) >= 11 is 0. The van der Waals surface area contributed by atoms with Gasteiger partial charge in [-0.1, -0.05) is 6.92 Å². The van der Waals surface area contributed by atoms with E-state index < -0.39 is 6.10 Å². The van der Waals surface area contributed by atoms with Crippen molar-refractivity contribution in [1.82, 2.24) is 9.80 Å². The number of amides is 1. The van der Waals surface area contributed by atoms with E-state index in [4.69, 9.17) is 0 Å². The summed E-state index contributed by atoms with van der Waals surface area (Å²) in [5.74, 6) is -0.0510. The van der Waals surface area contributed by atoms with Crippen molar-refractivity contribution in [3.8, 4) is 0 Å². The highest BCUT2D eigenvalue weighted by molar-refractivity contribution is 5.83. The van der Waals surface area contributed by atoms with E-state index in [-0.39, 0.29) is 5.91 Å². The van der Waals surface area contributed by atoms with Crippen LogP contribution >= 0.6 is 0 Å². The van der Waals surface area contributed by atoms with Gasteiger partial charge < -0.3 is 14.9 Å². The summed E-state index contributed by atoms with van der Waals surface area (Å²) in [4.78, 5) is 15.9. The molecule has 0 aromatic rings. The fourth-order valence-electron chi connectivity index (χ4n) is 2.60. The molecule has 15 heavy (non-hydrogen) atoms. The van der Waals surface area contributed by atoms with Gasteiger partial charge in [0.05, 0.1) is 0 Å². The maximum absolute atomic E-state index is 11.6. The first kappa shape index (κ1) is 10.9. The third kappa shape index (κ3) is 2.16. The molecule has 1 unspecified atom stereocenters. The fourth-order valence-corrected chi connectivity index (χ4v) is 2.60. The van der Waals surface area contributed by atoms with Gasteiger partial charge >= 0.3 is 0 Å². The highest BCUT2D eigenvalue weighted by Gasteiger charge is 2.35. The lowest BCUT2D eigenvalue weighted by molar-refractivity contribution is -0.137. The van der Waals surface area contributed by atoms with Crippen molar-refractivity contribution in [1.29, 1.82) is 0 Å². The standard InChI is InChI=1S/C11H20N2O2/c1-2-12-6-3-9(4-7-12)13-8-5-10(14)11(13)15/h9-10,14H,2-8H2,1H3. The second kappa shape index (κ2) is 4.49. The highest BCUT2D eigenvalue weighted by Crippen LogP contribution is 2.22. The lowest BCUT2D eigenvalue weighted by Crippen LogP contribution is -2.46. The van der Waals surface area contributed by atoms with Gasteiger partial charge in [0.1, 0.15) is 6.10 Å². The Hall–Kier alpha value is -0.610. The van der Waals surface area contributed by atoms with Gasteiger partial charge in [-0.25, -0.2) is 0 Å². The minimum atomic E-state index is -0.728. The number of rotatable bonds is 2. The summed E-state index contributed by atoms with van der Waals surface area (Å²) in [6.07, 6.45) is 2.01. The zero-order valence-electron chi connectivity index (χ0n) is 9.35. The lowest BCUT2D eigenvalue weighted by atomic mass is 10.0. The first-order chi connectivity index (χ1) is 7.22. The molecule has 1 N–H and O–H groups in total.